The van der Waals surface area contributed by atoms with Crippen molar-refractivity contribution in [1.29, 1.82) is 0 Å². The summed E-state index contributed by atoms with van der Waals surface area (Å²) in [4.78, 5) is 18.6. The highest BCUT2D eigenvalue weighted by Gasteiger charge is 2.12. The maximum Gasteiger partial charge on any atom is 0.328 e. The normalized spacial score (nSPS) is 11.9. The molecule has 1 unspecified atom stereocenters. The Balaban J connectivity index is 2.64. The van der Waals surface area contributed by atoms with Gasteiger partial charge in [-0.3, -0.25) is 0 Å². The maximum absolute atomic E-state index is 11.0. The molecule has 0 aliphatic heterocycles. The van der Waals surface area contributed by atoms with Crippen LogP contribution in [0.4, 0.5) is 5.82 Å². The van der Waals surface area contributed by atoms with Crippen molar-refractivity contribution >= 4 is 23.4 Å². The molecule has 0 radical (unpaired) electrons. The molecule has 1 aromatic heterocycles. The molecule has 0 aliphatic carbocycles. The lowest BCUT2D eigenvalue weighted by atomic mass is 10.3. The Bertz CT molecular complexity index is 332. The van der Waals surface area contributed by atoms with Crippen LogP contribution in [0.1, 0.15) is 6.92 Å². The first kappa shape index (κ1) is 10.7. The number of hydrogen-bond acceptors (Lipinski definition) is 5. The smallest absolute Gasteiger partial charge is 0.328 e. The summed E-state index contributed by atoms with van der Waals surface area (Å²) >= 11 is 5.63. The van der Waals surface area contributed by atoms with E-state index in [9.17, 15) is 4.79 Å². The number of nitrogens with zero attached hydrogens (tertiary/aromatic N) is 2. The van der Waals surface area contributed by atoms with Gasteiger partial charge in [0.25, 0.3) is 0 Å². The molecule has 0 aliphatic rings. The number of anilines is 1. The summed E-state index contributed by atoms with van der Waals surface area (Å²) in [5.74, 6) is 0.127. The van der Waals surface area contributed by atoms with Crippen LogP contribution in [0, 0.1) is 0 Å². The first-order valence-electron chi connectivity index (χ1n) is 3.95. The van der Waals surface area contributed by atoms with Crippen molar-refractivity contribution in [2.45, 2.75) is 13.0 Å². The Morgan fingerprint density at radius 3 is 2.93 bits per heavy atom. The number of halogens is 1. The average molecular weight is 216 g/mol. The van der Waals surface area contributed by atoms with E-state index < -0.39 is 6.04 Å². The predicted octanol–water partition coefficient (Wildman–Crippen LogP) is 1.10. The molecule has 0 saturated heterocycles. The molecule has 0 saturated carbocycles. The number of ether oxygens (including phenoxy) is 1. The van der Waals surface area contributed by atoms with Gasteiger partial charge in [-0.2, -0.15) is 0 Å². The largest absolute Gasteiger partial charge is 0.467 e. The molecule has 0 amide bonds. The van der Waals surface area contributed by atoms with Gasteiger partial charge in [0, 0.05) is 6.07 Å². The maximum atomic E-state index is 11.0. The van der Waals surface area contributed by atoms with Gasteiger partial charge in [0.1, 0.15) is 23.3 Å². The van der Waals surface area contributed by atoms with E-state index in [0.29, 0.717) is 11.0 Å². The lowest BCUT2D eigenvalue weighted by Crippen LogP contribution is -2.27. The van der Waals surface area contributed by atoms with Gasteiger partial charge in [-0.15, -0.1) is 0 Å². The summed E-state index contributed by atoms with van der Waals surface area (Å²) in [5, 5.41) is 3.14. The van der Waals surface area contributed by atoms with Gasteiger partial charge in [-0.25, -0.2) is 14.8 Å². The lowest BCUT2D eigenvalue weighted by Gasteiger charge is -2.11. The zero-order chi connectivity index (χ0) is 10.6. The highest BCUT2D eigenvalue weighted by molar-refractivity contribution is 6.29. The third kappa shape index (κ3) is 2.85. The fourth-order valence-electron chi connectivity index (χ4n) is 0.870. The van der Waals surface area contributed by atoms with Gasteiger partial charge >= 0.3 is 5.97 Å². The van der Waals surface area contributed by atoms with Gasteiger partial charge in [-0.1, -0.05) is 11.6 Å². The zero-order valence-electron chi connectivity index (χ0n) is 7.82. The Kier molecular flexibility index (Phi) is 3.64. The number of nitrogens with one attached hydrogen (secondary N) is 1. The van der Waals surface area contributed by atoms with E-state index in [2.05, 4.69) is 20.0 Å². The number of carbonyl (C=O) groups is 1. The Morgan fingerprint density at radius 2 is 2.36 bits per heavy atom. The summed E-state index contributed by atoms with van der Waals surface area (Å²) < 4.78 is 4.54. The van der Waals surface area contributed by atoms with Gasteiger partial charge in [-0.05, 0) is 6.92 Å². The first-order valence-corrected chi connectivity index (χ1v) is 4.33. The standard InChI is InChI=1S/C8H10ClN3O2/c1-5(8(13)14-2)12-7-3-6(9)10-4-11-7/h3-5H,1-2H3,(H,10,11,12). The fraction of sp³-hybridized carbons (Fsp3) is 0.375. The van der Waals surface area contributed by atoms with Crippen molar-refractivity contribution in [2.24, 2.45) is 0 Å². The molecule has 76 valence electrons. The quantitative estimate of drug-likeness (QED) is 0.604. The summed E-state index contributed by atoms with van der Waals surface area (Å²) in [6.07, 6.45) is 1.31. The van der Waals surface area contributed by atoms with Crippen LogP contribution in [0.15, 0.2) is 12.4 Å². The Hall–Kier alpha value is -1.36. The molecule has 1 atom stereocenters. The summed E-state index contributed by atoms with van der Waals surface area (Å²) in [5.41, 5.74) is 0. The van der Waals surface area contributed by atoms with Crippen molar-refractivity contribution < 1.29 is 9.53 Å². The molecular weight excluding hydrogens is 206 g/mol. The van der Waals surface area contributed by atoms with E-state index in [1.165, 1.54) is 19.5 Å². The molecular formula is C8H10ClN3O2. The summed E-state index contributed by atoms with van der Waals surface area (Å²) in [7, 11) is 1.33. The second-order valence-corrected chi connectivity index (χ2v) is 3.00. The van der Waals surface area contributed by atoms with Gasteiger partial charge in [0.15, 0.2) is 0 Å². The number of esters is 1. The molecule has 1 rings (SSSR count). The fourth-order valence-corrected chi connectivity index (χ4v) is 1.02. The van der Waals surface area contributed by atoms with Crippen LogP contribution in [-0.4, -0.2) is 29.1 Å². The topological polar surface area (TPSA) is 64.1 Å². The van der Waals surface area contributed by atoms with E-state index in [1.807, 2.05) is 0 Å². The van der Waals surface area contributed by atoms with E-state index in [1.54, 1.807) is 6.92 Å². The van der Waals surface area contributed by atoms with Gasteiger partial charge < -0.3 is 10.1 Å². The third-order valence-corrected chi connectivity index (χ3v) is 1.76. The van der Waals surface area contributed by atoms with Crippen molar-refractivity contribution in [3.8, 4) is 0 Å². The van der Waals surface area contributed by atoms with E-state index >= 15 is 0 Å². The van der Waals surface area contributed by atoms with Crippen LogP contribution in [0.25, 0.3) is 0 Å². The molecule has 1 N–H and O–H groups in total. The molecule has 1 aromatic rings. The van der Waals surface area contributed by atoms with E-state index in [0.717, 1.165) is 0 Å². The molecule has 0 bridgehead atoms. The number of aromatic nitrogens is 2. The van der Waals surface area contributed by atoms with Crippen LogP contribution in [-0.2, 0) is 9.53 Å². The highest BCUT2D eigenvalue weighted by atomic mass is 35.5. The van der Waals surface area contributed by atoms with Crippen molar-refractivity contribution in [3.63, 3.8) is 0 Å². The highest BCUT2D eigenvalue weighted by Crippen LogP contribution is 2.09. The lowest BCUT2D eigenvalue weighted by molar-refractivity contribution is -0.141. The number of carbonyl (C=O) groups excluding carboxylic acids is 1. The van der Waals surface area contributed by atoms with Gasteiger partial charge in [0.2, 0.25) is 0 Å². The Labute approximate surface area is 86.5 Å². The minimum atomic E-state index is -0.467. The van der Waals surface area contributed by atoms with Crippen molar-refractivity contribution in [2.75, 3.05) is 12.4 Å². The second-order valence-electron chi connectivity index (χ2n) is 2.62. The molecule has 0 spiro atoms. The Morgan fingerprint density at radius 1 is 1.64 bits per heavy atom. The molecule has 14 heavy (non-hydrogen) atoms. The van der Waals surface area contributed by atoms with Crippen LogP contribution < -0.4 is 5.32 Å². The van der Waals surface area contributed by atoms with Crippen LogP contribution in [0.3, 0.4) is 0 Å². The first-order chi connectivity index (χ1) is 6.63. The van der Waals surface area contributed by atoms with Gasteiger partial charge in [0.05, 0.1) is 7.11 Å². The second kappa shape index (κ2) is 4.76. The molecule has 0 aromatic carbocycles. The van der Waals surface area contributed by atoms with Crippen molar-refractivity contribution in [3.05, 3.63) is 17.5 Å². The van der Waals surface area contributed by atoms with Crippen LogP contribution in [0.2, 0.25) is 5.15 Å². The minimum Gasteiger partial charge on any atom is -0.467 e. The predicted molar refractivity (Wildman–Crippen MR) is 52.1 cm³/mol. The monoisotopic (exact) mass is 215 g/mol. The van der Waals surface area contributed by atoms with E-state index in [4.69, 9.17) is 11.6 Å². The third-order valence-electron chi connectivity index (χ3n) is 1.55. The number of methoxy groups -OCH3 is 1. The van der Waals surface area contributed by atoms with Crippen LogP contribution >= 0.6 is 11.6 Å². The SMILES string of the molecule is COC(=O)C(C)Nc1cc(Cl)ncn1. The average Bonchev–Trinajstić information content (AvgIpc) is 2.16. The molecule has 5 nitrogen and oxygen atoms in total. The minimum absolute atomic E-state index is 0.319. The zero-order valence-corrected chi connectivity index (χ0v) is 8.58. The summed E-state index contributed by atoms with van der Waals surface area (Å²) in [6, 6.07) is 1.06. The summed E-state index contributed by atoms with van der Waals surface area (Å²) in [6.45, 7) is 1.67. The number of hydrogen-bond donors (Lipinski definition) is 1. The van der Waals surface area contributed by atoms with E-state index in [-0.39, 0.29) is 5.97 Å². The molecule has 1 heterocycles. The number of rotatable bonds is 3. The molecule has 0 fully saturated rings. The molecule has 6 heteroatoms. The van der Waals surface area contributed by atoms with Crippen LogP contribution in [0.5, 0.6) is 0 Å². The van der Waals surface area contributed by atoms with Crippen molar-refractivity contribution in [1.82, 2.24) is 9.97 Å².